The van der Waals surface area contributed by atoms with E-state index in [-0.39, 0.29) is 56.8 Å². The van der Waals surface area contributed by atoms with Crippen LogP contribution in [-0.2, 0) is 14.3 Å². The fourth-order valence-corrected chi connectivity index (χ4v) is 10.5. The number of ether oxygens (including phenoxy) is 1. The minimum absolute atomic E-state index is 0.0528. The standard InChI is InChI=1S/C33H56O5S/c1-9-19(2)30(37)38-22-14-15-32(7)21(16-22)17-26(34)29-24-12-11-23(33(24,8)27(35)18-25(29)32)20(3)10-13-28(36)39-31(4,5)6/h19-27,29,34-35H,9-18H2,1-8H3. The molecule has 0 heterocycles. The first-order valence-electron chi connectivity index (χ1n) is 15.9. The Kier molecular flexibility index (Phi) is 9.32. The van der Waals surface area contributed by atoms with Crippen LogP contribution in [0.1, 0.15) is 120 Å². The number of aliphatic hydroxyl groups excluding tert-OH is 2. The largest absolute Gasteiger partial charge is 0.462 e. The summed E-state index contributed by atoms with van der Waals surface area (Å²) in [5, 5.41) is 23.8. The maximum absolute atomic E-state index is 12.6. The Labute approximate surface area is 242 Å². The fourth-order valence-electron chi connectivity index (χ4n) is 9.61. The molecule has 0 bridgehead atoms. The van der Waals surface area contributed by atoms with Gasteiger partial charge >= 0.3 is 5.97 Å². The maximum atomic E-state index is 12.6. The van der Waals surface area contributed by atoms with Gasteiger partial charge in [0.1, 0.15) is 6.10 Å². The van der Waals surface area contributed by atoms with Gasteiger partial charge in [-0.15, -0.1) is 0 Å². The molecule has 12 atom stereocenters. The number of hydrogen-bond donors (Lipinski definition) is 2. The van der Waals surface area contributed by atoms with Crippen LogP contribution in [0.3, 0.4) is 0 Å². The van der Waals surface area contributed by atoms with Crippen molar-refractivity contribution < 1.29 is 24.5 Å². The van der Waals surface area contributed by atoms with E-state index in [1.54, 1.807) is 0 Å². The third-order valence-corrected chi connectivity index (χ3v) is 13.1. The molecule has 0 aromatic rings. The number of carbonyl (C=O) groups is 2. The number of carbonyl (C=O) groups excluding carboxylic acids is 2. The van der Waals surface area contributed by atoms with Gasteiger partial charge in [0.15, 0.2) is 5.12 Å². The van der Waals surface area contributed by atoms with Crippen molar-refractivity contribution in [3.63, 3.8) is 0 Å². The summed E-state index contributed by atoms with van der Waals surface area (Å²) in [5.74, 6) is 1.73. The van der Waals surface area contributed by atoms with E-state index in [9.17, 15) is 19.8 Å². The Bertz CT molecular complexity index is 899. The Morgan fingerprint density at radius 1 is 1.03 bits per heavy atom. The number of esters is 1. The summed E-state index contributed by atoms with van der Waals surface area (Å²) in [5.41, 5.74) is -0.153. The van der Waals surface area contributed by atoms with Crippen LogP contribution in [0.15, 0.2) is 0 Å². The molecule has 4 aliphatic carbocycles. The Morgan fingerprint density at radius 3 is 2.36 bits per heavy atom. The fraction of sp³-hybridized carbons (Fsp3) is 0.939. The molecule has 0 saturated heterocycles. The average Bonchev–Trinajstić information content (AvgIpc) is 3.21. The van der Waals surface area contributed by atoms with Gasteiger partial charge in [-0.2, -0.15) is 0 Å². The molecule has 224 valence electrons. The summed E-state index contributed by atoms with van der Waals surface area (Å²) < 4.78 is 5.87. The third kappa shape index (κ3) is 6.00. The van der Waals surface area contributed by atoms with Gasteiger partial charge in [0, 0.05) is 11.2 Å². The van der Waals surface area contributed by atoms with Gasteiger partial charge in [0.25, 0.3) is 0 Å². The van der Waals surface area contributed by atoms with E-state index in [1.807, 2.05) is 13.8 Å². The minimum Gasteiger partial charge on any atom is -0.462 e. The lowest BCUT2D eigenvalue weighted by atomic mass is 9.43. The first-order valence-corrected chi connectivity index (χ1v) is 16.7. The van der Waals surface area contributed by atoms with Crippen molar-refractivity contribution in [3.05, 3.63) is 0 Å². The van der Waals surface area contributed by atoms with Gasteiger partial charge in [-0.3, -0.25) is 9.59 Å². The number of thioether (sulfide) groups is 1. The zero-order chi connectivity index (χ0) is 28.9. The van der Waals surface area contributed by atoms with E-state index in [4.69, 9.17) is 4.74 Å². The Morgan fingerprint density at radius 2 is 1.72 bits per heavy atom. The Balaban J connectivity index is 1.46. The molecule has 39 heavy (non-hydrogen) atoms. The molecule has 12 unspecified atom stereocenters. The van der Waals surface area contributed by atoms with Crippen molar-refractivity contribution in [1.29, 1.82) is 0 Å². The molecule has 0 radical (unpaired) electrons. The molecular weight excluding hydrogens is 508 g/mol. The molecule has 5 nitrogen and oxygen atoms in total. The van der Waals surface area contributed by atoms with Crippen LogP contribution >= 0.6 is 11.8 Å². The molecule has 0 aromatic carbocycles. The van der Waals surface area contributed by atoms with E-state index in [1.165, 1.54) is 11.8 Å². The van der Waals surface area contributed by atoms with Gasteiger partial charge < -0.3 is 14.9 Å². The van der Waals surface area contributed by atoms with Gasteiger partial charge in [-0.25, -0.2) is 0 Å². The summed E-state index contributed by atoms with van der Waals surface area (Å²) in [6, 6.07) is 0. The predicted molar refractivity (Wildman–Crippen MR) is 158 cm³/mol. The van der Waals surface area contributed by atoms with Gasteiger partial charge in [0.2, 0.25) is 0 Å². The first-order chi connectivity index (χ1) is 18.1. The molecule has 0 amide bonds. The number of hydrogen-bond acceptors (Lipinski definition) is 6. The highest BCUT2D eigenvalue weighted by Crippen LogP contribution is 2.68. The molecule has 0 aromatic heterocycles. The molecule has 4 aliphatic rings. The number of aliphatic hydroxyl groups is 2. The zero-order valence-corrected chi connectivity index (χ0v) is 26.7. The second kappa shape index (κ2) is 11.6. The predicted octanol–water partition coefficient (Wildman–Crippen LogP) is 7.02. The van der Waals surface area contributed by atoms with Gasteiger partial charge in [-0.1, -0.05) is 67.2 Å². The summed E-state index contributed by atoms with van der Waals surface area (Å²) in [4.78, 5) is 25.1. The van der Waals surface area contributed by atoms with Crippen molar-refractivity contribution in [1.82, 2.24) is 0 Å². The van der Waals surface area contributed by atoms with Crippen molar-refractivity contribution in [2.75, 3.05) is 0 Å². The summed E-state index contributed by atoms with van der Waals surface area (Å²) in [7, 11) is 0. The van der Waals surface area contributed by atoms with Crippen LogP contribution < -0.4 is 0 Å². The second-order valence-electron chi connectivity index (χ2n) is 15.3. The Hall–Kier alpha value is -0.590. The molecule has 2 N–H and O–H groups in total. The summed E-state index contributed by atoms with van der Waals surface area (Å²) in [6.45, 7) is 17.2. The monoisotopic (exact) mass is 564 g/mol. The summed E-state index contributed by atoms with van der Waals surface area (Å²) in [6.07, 6.45) is 7.81. The average molecular weight is 565 g/mol. The van der Waals surface area contributed by atoms with Crippen LogP contribution in [0.2, 0.25) is 0 Å². The minimum atomic E-state index is -0.387. The van der Waals surface area contributed by atoms with E-state index < -0.39 is 0 Å². The molecule has 6 heteroatoms. The second-order valence-corrected chi connectivity index (χ2v) is 17.2. The van der Waals surface area contributed by atoms with E-state index in [0.29, 0.717) is 36.0 Å². The lowest BCUT2D eigenvalue weighted by Crippen LogP contribution is -2.62. The van der Waals surface area contributed by atoms with Crippen molar-refractivity contribution in [2.45, 2.75) is 143 Å². The lowest BCUT2D eigenvalue weighted by Gasteiger charge is -2.63. The third-order valence-electron chi connectivity index (χ3n) is 12.0. The number of rotatable bonds is 7. The molecule has 0 spiro atoms. The van der Waals surface area contributed by atoms with Crippen molar-refractivity contribution in [3.8, 4) is 0 Å². The van der Waals surface area contributed by atoms with E-state index in [0.717, 1.165) is 57.8 Å². The van der Waals surface area contributed by atoms with Crippen LogP contribution in [-0.4, -0.2) is 44.4 Å². The van der Waals surface area contributed by atoms with Gasteiger partial charge in [0.05, 0.1) is 18.1 Å². The van der Waals surface area contributed by atoms with E-state index >= 15 is 0 Å². The molecule has 4 saturated carbocycles. The maximum Gasteiger partial charge on any atom is 0.308 e. The zero-order valence-electron chi connectivity index (χ0n) is 25.9. The van der Waals surface area contributed by atoms with Crippen LogP contribution in [0, 0.1) is 52.3 Å². The van der Waals surface area contributed by atoms with Crippen molar-refractivity contribution >= 4 is 22.8 Å². The quantitative estimate of drug-likeness (QED) is 0.323. The van der Waals surface area contributed by atoms with Crippen LogP contribution in [0.4, 0.5) is 0 Å². The van der Waals surface area contributed by atoms with E-state index in [2.05, 4.69) is 41.5 Å². The number of fused-ring (bicyclic) bond motifs is 5. The van der Waals surface area contributed by atoms with Crippen molar-refractivity contribution in [2.24, 2.45) is 52.3 Å². The SMILES string of the molecule is CCC(C)C(=O)OC1CCC2(C)C(C1)CC(O)C1C2CC(O)C2(C)C(C(C)CCC(=O)SC(C)(C)C)CCC12. The highest BCUT2D eigenvalue weighted by atomic mass is 32.2. The molecular formula is C33H56O5S. The van der Waals surface area contributed by atoms with Crippen LogP contribution in [0.25, 0.3) is 0 Å². The van der Waals surface area contributed by atoms with Gasteiger partial charge in [-0.05, 0) is 104 Å². The smallest absolute Gasteiger partial charge is 0.308 e. The highest BCUT2D eigenvalue weighted by Gasteiger charge is 2.65. The summed E-state index contributed by atoms with van der Waals surface area (Å²) >= 11 is 1.45. The normalized spacial score (nSPS) is 43.5. The molecule has 4 fully saturated rings. The molecule has 4 rings (SSSR count). The van der Waals surface area contributed by atoms with Crippen LogP contribution in [0.5, 0.6) is 0 Å². The molecule has 0 aliphatic heterocycles. The lowest BCUT2D eigenvalue weighted by molar-refractivity contribution is -0.210. The topological polar surface area (TPSA) is 83.8 Å². The highest BCUT2D eigenvalue weighted by molar-refractivity contribution is 8.14. The first kappa shape index (κ1) is 31.3.